The quantitative estimate of drug-likeness (QED) is 0.429. The van der Waals surface area contributed by atoms with Gasteiger partial charge in [0.15, 0.2) is 0 Å². The van der Waals surface area contributed by atoms with Gasteiger partial charge < -0.3 is 10.8 Å². The van der Waals surface area contributed by atoms with E-state index < -0.39 is 65.2 Å². The van der Waals surface area contributed by atoms with Gasteiger partial charge in [-0.15, -0.1) is 0 Å². The minimum atomic E-state index is -5.64. The standard InChI is InChI=1S/C19H22F9NO2/c1-2-10(6-12(9-29)16(30)31)4-3-5-11-7-13(17(20,21)22)8-14(18(23,24)25)15(11)19(26,27)28/h7-8,10,12H,2-6,9,29H2,1H3,(H,30,31). The van der Waals surface area contributed by atoms with Gasteiger partial charge in [-0.25, -0.2) is 0 Å². The summed E-state index contributed by atoms with van der Waals surface area (Å²) in [4.78, 5) is 11.1. The van der Waals surface area contributed by atoms with E-state index in [4.69, 9.17) is 10.8 Å². The van der Waals surface area contributed by atoms with Crippen LogP contribution in [0.3, 0.4) is 0 Å². The summed E-state index contributed by atoms with van der Waals surface area (Å²) < 4.78 is 119. The maximum absolute atomic E-state index is 13.4. The fraction of sp³-hybridized carbons (Fsp3) is 0.632. The van der Waals surface area contributed by atoms with Crippen LogP contribution in [0.25, 0.3) is 0 Å². The summed E-state index contributed by atoms with van der Waals surface area (Å²) >= 11 is 0. The second-order valence-electron chi connectivity index (χ2n) is 7.22. The van der Waals surface area contributed by atoms with Gasteiger partial charge in [-0.05, 0) is 42.9 Å². The highest BCUT2D eigenvalue weighted by molar-refractivity contribution is 5.70. The molecule has 1 rings (SSSR count). The molecule has 0 bridgehead atoms. The number of alkyl halides is 9. The minimum absolute atomic E-state index is 0.0962. The van der Waals surface area contributed by atoms with Crippen LogP contribution in [-0.2, 0) is 29.7 Å². The fourth-order valence-electron chi connectivity index (χ4n) is 3.39. The van der Waals surface area contributed by atoms with E-state index in [1.165, 1.54) is 0 Å². The lowest BCUT2D eigenvalue weighted by atomic mass is 9.87. The SMILES string of the molecule is CCC(CCCc1cc(C(F)(F)F)cc(C(F)(F)F)c1C(F)(F)F)CC(CN)C(=O)O. The number of aryl methyl sites for hydroxylation is 1. The van der Waals surface area contributed by atoms with Gasteiger partial charge in [-0.2, -0.15) is 39.5 Å². The van der Waals surface area contributed by atoms with Crippen molar-refractivity contribution in [3.63, 3.8) is 0 Å². The van der Waals surface area contributed by atoms with Crippen LogP contribution in [0.1, 0.15) is 54.9 Å². The fourth-order valence-corrected chi connectivity index (χ4v) is 3.39. The van der Waals surface area contributed by atoms with Gasteiger partial charge in [0.1, 0.15) is 0 Å². The number of carboxylic acids is 1. The molecule has 2 unspecified atom stereocenters. The lowest BCUT2D eigenvalue weighted by molar-refractivity contribution is -0.164. The third-order valence-corrected chi connectivity index (χ3v) is 5.02. The zero-order chi connectivity index (χ0) is 24.2. The average molecular weight is 467 g/mol. The first-order valence-corrected chi connectivity index (χ1v) is 9.33. The predicted molar refractivity (Wildman–Crippen MR) is 93.0 cm³/mol. The van der Waals surface area contributed by atoms with Gasteiger partial charge in [-0.1, -0.05) is 19.8 Å². The molecule has 0 spiro atoms. The van der Waals surface area contributed by atoms with Crippen LogP contribution in [-0.4, -0.2) is 17.6 Å². The van der Waals surface area contributed by atoms with E-state index in [0.29, 0.717) is 6.42 Å². The first-order chi connectivity index (χ1) is 14.0. The molecule has 178 valence electrons. The van der Waals surface area contributed by atoms with Crippen molar-refractivity contribution in [1.82, 2.24) is 0 Å². The van der Waals surface area contributed by atoms with E-state index in [0.717, 1.165) is 0 Å². The molecule has 2 atom stereocenters. The summed E-state index contributed by atoms with van der Waals surface area (Å²) in [6.07, 6.45) is -16.6. The number of benzene rings is 1. The van der Waals surface area contributed by atoms with Crippen molar-refractivity contribution in [2.24, 2.45) is 17.6 Å². The molecule has 0 aromatic heterocycles. The van der Waals surface area contributed by atoms with Crippen molar-refractivity contribution < 1.29 is 49.4 Å². The molecular weight excluding hydrogens is 445 g/mol. The third-order valence-electron chi connectivity index (χ3n) is 5.02. The van der Waals surface area contributed by atoms with E-state index in [1.54, 1.807) is 6.92 Å². The van der Waals surface area contributed by atoms with Gasteiger partial charge in [0, 0.05) is 6.54 Å². The van der Waals surface area contributed by atoms with Crippen LogP contribution in [0.5, 0.6) is 0 Å². The smallest absolute Gasteiger partial charge is 0.417 e. The largest absolute Gasteiger partial charge is 0.481 e. The summed E-state index contributed by atoms with van der Waals surface area (Å²) in [7, 11) is 0. The van der Waals surface area contributed by atoms with Crippen LogP contribution in [0, 0.1) is 11.8 Å². The molecule has 3 N–H and O–H groups in total. The second-order valence-corrected chi connectivity index (χ2v) is 7.22. The number of hydrogen-bond acceptors (Lipinski definition) is 2. The molecule has 1 aromatic carbocycles. The molecule has 31 heavy (non-hydrogen) atoms. The van der Waals surface area contributed by atoms with Gasteiger partial charge in [0.25, 0.3) is 0 Å². The van der Waals surface area contributed by atoms with Crippen LogP contribution in [0.2, 0.25) is 0 Å². The summed E-state index contributed by atoms with van der Waals surface area (Å²) in [6.45, 7) is 1.51. The van der Waals surface area contributed by atoms with E-state index in [9.17, 15) is 44.3 Å². The summed E-state index contributed by atoms with van der Waals surface area (Å²) in [6, 6.07) is -0.432. The Labute approximate surface area is 172 Å². The zero-order valence-electron chi connectivity index (χ0n) is 16.4. The molecule has 12 heteroatoms. The van der Waals surface area contributed by atoms with Gasteiger partial charge >= 0.3 is 24.5 Å². The molecular formula is C19H22F9NO2. The van der Waals surface area contributed by atoms with Crippen molar-refractivity contribution in [3.8, 4) is 0 Å². The first kappa shape index (κ1) is 27.1. The highest BCUT2D eigenvalue weighted by Gasteiger charge is 2.47. The van der Waals surface area contributed by atoms with E-state index in [1.807, 2.05) is 0 Å². The first-order valence-electron chi connectivity index (χ1n) is 9.33. The normalized spacial score (nSPS) is 15.1. The molecule has 1 aromatic rings. The number of hydrogen-bond donors (Lipinski definition) is 2. The third kappa shape index (κ3) is 7.58. The molecule has 0 fully saturated rings. The number of halogens is 9. The molecule has 0 amide bonds. The Morgan fingerprint density at radius 1 is 1.00 bits per heavy atom. The predicted octanol–water partition coefficient (Wildman–Crippen LogP) is 6.14. The summed E-state index contributed by atoms with van der Waals surface area (Å²) in [5.41, 5.74) is -2.07. The molecule has 0 heterocycles. The van der Waals surface area contributed by atoms with Crippen LogP contribution in [0.4, 0.5) is 39.5 Å². The molecule has 0 saturated carbocycles. The van der Waals surface area contributed by atoms with Crippen molar-refractivity contribution in [1.29, 1.82) is 0 Å². The highest BCUT2D eigenvalue weighted by atomic mass is 19.4. The Morgan fingerprint density at radius 3 is 1.97 bits per heavy atom. The number of carbonyl (C=O) groups is 1. The van der Waals surface area contributed by atoms with Crippen molar-refractivity contribution in [2.45, 2.75) is 57.6 Å². The Morgan fingerprint density at radius 2 is 1.58 bits per heavy atom. The second kappa shape index (κ2) is 10.1. The Balaban J connectivity index is 3.27. The number of nitrogens with two attached hydrogens (primary N) is 1. The monoisotopic (exact) mass is 467 g/mol. The Bertz CT molecular complexity index is 754. The van der Waals surface area contributed by atoms with E-state index in [2.05, 4.69) is 0 Å². The summed E-state index contributed by atoms with van der Waals surface area (Å²) in [5.74, 6) is -2.37. The molecule has 0 aliphatic heterocycles. The molecule has 0 radical (unpaired) electrons. The highest BCUT2D eigenvalue weighted by Crippen LogP contribution is 2.45. The Hall–Kier alpha value is -1.98. The van der Waals surface area contributed by atoms with Crippen LogP contribution < -0.4 is 5.73 Å². The van der Waals surface area contributed by atoms with E-state index in [-0.39, 0.29) is 37.8 Å². The van der Waals surface area contributed by atoms with Gasteiger partial charge in [0.05, 0.1) is 22.6 Å². The lowest BCUT2D eigenvalue weighted by Crippen LogP contribution is -2.26. The summed E-state index contributed by atoms with van der Waals surface area (Å²) in [5, 5.41) is 9.04. The van der Waals surface area contributed by atoms with Crippen LogP contribution >= 0.6 is 0 Å². The minimum Gasteiger partial charge on any atom is -0.481 e. The molecule has 3 nitrogen and oxygen atoms in total. The molecule has 0 aliphatic rings. The number of aliphatic carboxylic acids is 1. The molecule has 0 aliphatic carbocycles. The average Bonchev–Trinajstić information content (AvgIpc) is 2.61. The Kier molecular flexibility index (Phi) is 8.81. The lowest BCUT2D eigenvalue weighted by Gasteiger charge is -2.22. The van der Waals surface area contributed by atoms with Crippen LogP contribution in [0.15, 0.2) is 12.1 Å². The number of rotatable bonds is 9. The van der Waals surface area contributed by atoms with Crippen molar-refractivity contribution in [2.75, 3.05) is 6.54 Å². The van der Waals surface area contributed by atoms with E-state index >= 15 is 0 Å². The molecule has 0 saturated heterocycles. The number of carboxylic acid groups (broad SMARTS) is 1. The topological polar surface area (TPSA) is 63.3 Å². The van der Waals surface area contributed by atoms with Crippen molar-refractivity contribution >= 4 is 5.97 Å². The maximum atomic E-state index is 13.4. The zero-order valence-corrected chi connectivity index (χ0v) is 16.4. The van der Waals surface area contributed by atoms with Crippen molar-refractivity contribution in [3.05, 3.63) is 34.4 Å². The van der Waals surface area contributed by atoms with Gasteiger partial charge in [-0.3, -0.25) is 4.79 Å². The van der Waals surface area contributed by atoms with Gasteiger partial charge in [0.2, 0.25) is 0 Å². The maximum Gasteiger partial charge on any atom is 0.417 e.